The number of carbonyl (C=O) groups excluding carboxylic acids is 1. The molecular formula is C25H24F3N5O4S. The van der Waals surface area contributed by atoms with Crippen LogP contribution in [-0.2, 0) is 14.8 Å². The van der Waals surface area contributed by atoms with E-state index >= 15 is 0 Å². The first kappa shape index (κ1) is 25.9. The second-order valence-corrected chi connectivity index (χ2v) is 11.3. The summed E-state index contributed by atoms with van der Waals surface area (Å²) in [5, 5.41) is 4.06. The van der Waals surface area contributed by atoms with E-state index in [-0.39, 0.29) is 24.7 Å². The number of halogens is 3. The van der Waals surface area contributed by atoms with Crippen LogP contribution in [0.5, 0.6) is 5.75 Å². The monoisotopic (exact) mass is 547 g/mol. The van der Waals surface area contributed by atoms with Gasteiger partial charge in [-0.2, -0.15) is 9.19 Å². The molecule has 13 heteroatoms. The molecule has 0 N–H and O–H groups in total. The molecule has 0 radical (unpaired) electrons. The van der Waals surface area contributed by atoms with Gasteiger partial charge in [0.25, 0.3) is 10.0 Å². The Hall–Kier alpha value is -3.74. The van der Waals surface area contributed by atoms with Gasteiger partial charge in [-0.3, -0.25) is 14.8 Å². The lowest BCUT2D eigenvalue weighted by Gasteiger charge is -2.40. The first-order valence-corrected chi connectivity index (χ1v) is 13.6. The lowest BCUT2D eigenvalue weighted by atomic mass is 9.89. The van der Waals surface area contributed by atoms with E-state index in [1.165, 1.54) is 23.1 Å². The zero-order valence-electron chi connectivity index (χ0n) is 20.7. The van der Waals surface area contributed by atoms with Gasteiger partial charge >= 0.3 is 0 Å². The van der Waals surface area contributed by atoms with Crippen LogP contribution in [0.2, 0.25) is 0 Å². The normalized spacial score (nSPS) is 19.6. The molecular weight excluding hydrogens is 523 g/mol. The summed E-state index contributed by atoms with van der Waals surface area (Å²) in [4.78, 5) is 22.9. The summed E-state index contributed by atoms with van der Waals surface area (Å²) in [6.45, 7) is 3.56. The maximum Gasteiger partial charge on any atom is 0.251 e. The van der Waals surface area contributed by atoms with E-state index in [2.05, 4.69) is 15.1 Å². The molecule has 5 rings (SSSR count). The molecule has 2 aromatic heterocycles. The highest BCUT2D eigenvalue weighted by Crippen LogP contribution is 2.34. The second kappa shape index (κ2) is 9.53. The van der Waals surface area contributed by atoms with Gasteiger partial charge in [0.15, 0.2) is 11.6 Å². The van der Waals surface area contributed by atoms with E-state index in [9.17, 15) is 26.4 Å². The number of benzene rings is 1. The van der Waals surface area contributed by atoms with Crippen LogP contribution >= 0.6 is 0 Å². The van der Waals surface area contributed by atoms with Gasteiger partial charge in [0.05, 0.1) is 42.6 Å². The molecule has 3 aromatic rings. The number of ether oxygens (including phenoxy) is 1. The number of carbonyl (C=O) groups is 1. The Morgan fingerprint density at radius 3 is 2.39 bits per heavy atom. The number of aryl methyl sites for hydroxylation is 1. The standard InChI is InChI=1S/C25H24F3N5O4S/c1-13-23(14(2)33(31-13)38(3,35)36)21-9-22(20(28)10-30-21)37-18-11-32(12-18)25(34)24-19(4-5-29-24)15-6-16(26)8-17(27)7-15/h5-10,18-19,24H,4,11-12H2,1-3H3/t19-,24?/m0/s1. The lowest BCUT2D eigenvalue weighted by Crippen LogP contribution is -2.58. The van der Waals surface area contributed by atoms with Crippen LogP contribution in [0.25, 0.3) is 11.3 Å². The van der Waals surface area contributed by atoms with Gasteiger partial charge in [-0.15, -0.1) is 0 Å². The van der Waals surface area contributed by atoms with Crippen LogP contribution in [-0.4, -0.2) is 71.1 Å². The van der Waals surface area contributed by atoms with Crippen molar-refractivity contribution in [3.8, 4) is 17.0 Å². The van der Waals surface area contributed by atoms with Gasteiger partial charge in [-0.05, 0) is 38.0 Å². The molecule has 4 heterocycles. The smallest absolute Gasteiger partial charge is 0.251 e. The minimum absolute atomic E-state index is 0.0926. The zero-order chi connectivity index (χ0) is 27.4. The average Bonchev–Trinajstić information content (AvgIpc) is 3.40. The highest BCUT2D eigenvalue weighted by atomic mass is 32.2. The Morgan fingerprint density at radius 1 is 1.08 bits per heavy atom. The molecule has 1 saturated heterocycles. The van der Waals surface area contributed by atoms with Crippen molar-refractivity contribution in [2.24, 2.45) is 4.99 Å². The van der Waals surface area contributed by atoms with Crippen LogP contribution in [0.4, 0.5) is 13.2 Å². The number of rotatable bonds is 6. The summed E-state index contributed by atoms with van der Waals surface area (Å²) < 4.78 is 72.6. The Balaban J connectivity index is 1.28. The van der Waals surface area contributed by atoms with E-state index in [0.29, 0.717) is 34.6 Å². The maximum atomic E-state index is 14.5. The molecule has 1 aromatic carbocycles. The van der Waals surface area contributed by atoms with Crippen molar-refractivity contribution in [3.05, 3.63) is 64.9 Å². The van der Waals surface area contributed by atoms with Gasteiger partial charge in [-0.25, -0.2) is 21.6 Å². The van der Waals surface area contributed by atoms with Gasteiger partial charge in [-0.1, -0.05) is 0 Å². The Bertz CT molecular complexity index is 1550. The fourth-order valence-electron chi connectivity index (χ4n) is 4.88. The molecule has 0 bridgehead atoms. The average molecular weight is 548 g/mol. The number of nitrogens with zero attached hydrogens (tertiary/aromatic N) is 5. The van der Waals surface area contributed by atoms with Crippen LogP contribution in [0.1, 0.15) is 29.3 Å². The zero-order valence-corrected chi connectivity index (χ0v) is 21.5. The predicted octanol–water partition coefficient (Wildman–Crippen LogP) is 3.00. The SMILES string of the molecule is Cc1nn(S(C)(=O)=O)c(C)c1-c1cc(OC2CN(C(=O)C3N=CC[C@H]3c3cc(F)cc(F)c3)C2)c(F)cn1. The predicted molar refractivity (Wildman–Crippen MR) is 132 cm³/mol. The van der Waals surface area contributed by atoms with Gasteiger partial charge in [0, 0.05) is 29.8 Å². The molecule has 1 unspecified atom stereocenters. The van der Waals surface area contributed by atoms with Crippen LogP contribution in [0.3, 0.4) is 0 Å². The molecule has 2 aliphatic heterocycles. The third kappa shape index (κ3) is 4.77. The van der Waals surface area contributed by atoms with Crippen molar-refractivity contribution in [1.82, 2.24) is 19.1 Å². The second-order valence-electron chi connectivity index (χ2n) is 9.46. The Morgan fingerprint density at radius 2 is 1.76 bits per heavy atom. The largest absolute Gasteiger partial charge is 0.484 e. The Labute approximate surface area is 217 Å². The highest BCUT2D eigenvalue weighted by molar-refractivity contribution is 7.89. The van der Waals surface area contributed by atoms with Crippen molar-refractivity contribution in [1.29, 1.82) is 0 Å². The Kier molecular flexibility index (Phi) is 6.49. The maximum absolute atomic E-state index is 14.5. The summed E-state index contributed by atoms with van der Waals surface area (Å²) in [7, 11) is -3.63. The molecule has 0 spiro atoms. The van der Waals surface area contributed by atoms with Gasteiger partial charge in [0.1, 0.15) is 23.8 Å². The lowest BCUT2D eigenvalue weighted by molar-refractivity contribution is -0.141. The minimum atomic E-state index is -3.63. The fraction of sp³-hybridized carbons (Fsp3) is 0.360. The summed E-state index contributed by atoms with van der Waals surface area (Å²) in [5.74, 6) is -3.02. The number of likely N-dealkylation sites (tertiary alicyclic amines) is 1. The number of aliphatic imine (C=N–C) groups is 1. The quantitative estimate of drug-likeness (QED) is 0.470. The highest BCUT2D eigenvalue weighted by Gasteiger charge is 2.41. The van der Waals surface area contributed by atoms with Crippen molar-refractivity contribution < 1.29 is 31.1 Å². The molecule has 9 nitrogen and oxygen atoms in total. The van der Waals surface area contributed by atoms with E-state index in [4.69, 9.17) is 4.74 Å². The first-order chi connectivity index (χ1) is 17.9. The molecule has 0 saturated carbocycles. The molecule has 1 fully saturated rings. The van der Waals surface area contributed by atoms with E-state index in [1.807, 2.05) is 0 Å². The minimum Gasteiger partial charge on any atom is -0.484 e. The van der Waals surface area contributed by atoms with Gasteiger partial charge in [0.2, 0.25) is 5.91 Å². The third-order valence-corrected chi connectivity index (χ3v) is 7.65. The van der Waals surface area contributed by atoms with Crippen LogP contribution < -0.4 is 4.74 Å². The summed E-state index contributed by atoms with van der Waals surface area (Å²) in [6.07, 6.45) is 3.47. The van der Waals surface area contributed by atoms with Crippen molar-refractivity contribution in [2.75, 3.05) is 19.3 Å². The number of hydrogen-bond donors (Lipinski definition) is 0. The molecule has 0 aliphatic carbocycles. The van der Waals surface area contributed by atoms with Crippen LogP contribution in [0, 0.1) is 31.3 Å². The number of amides is 1. The number of aromatic nitrogens is 3. The van der Waals surface area contributed by atoms with Crippen molar-refractivity contribution in [2.45, 2.75) is 38.3 Å². The van der Waals surface area contributed by atoms with Crippen LogP contribution in [0.15, 0.2) is 35.5 Å². The first-order valence-electron chi connectivity index (χ1n) is 11.8. The molecule has 1 amide bonds. The topological polar surface area (TPSA) is 107 Å². The fourth-order valence-corrected chi connectivity index (χ4v) is 5.74. The molecule has 2 aliphatic rings. The van der Waals surface area contributed by atoms with Crippen molar-refractivity contribution >= 4 is 22.1 Å². The van der Waals surface area contributed by atoms with E-state index < -0.39 is 45.5 Å². The third-order valence-electron chi connectivity index (χ3n) is 6.67. The molecule has 2 atom stereocenters. The summed E-state index contributed by atoms with van der Waals surface area (Å²) in [5.41, 5.74) is 1.85. The summed E-state index contributed by atoms with van der Waals surface area (Å²) >= 11 is 0. The molecule has 200 valence electrons. The van der Waals surface area contributed by atoms with E-state index in [1.54, 1.807) is 20.1 Å². The van der Waals surface area contributed by atoms with Crippen molar-refractivity contribution in [3.63, 3.8) is 0 Å². The molecule has 38 heavy (non-hydrogen) atoms. The van der Waals surface area contributed by atoms with Gasteiger partial charge < -0.3 is 9.64 Å². The number of hydrogen-bond acceptors (Lipinski definition) is 7. The van der Waals surface area contributed by atoms with E-state index in [0.717, 1.165) is 22.6 Å². The number of pyridine rings is 1. The summed E-state index contributed by atoms with van der Waals surface area (Å²) in [6, 6.07) is 3.75.